The smallest absolute Gasteiger partial charge is 0.306 e. The number of ether oxygens (including phenoxy) is 3. The van der Waals surface area contributed by atoms with E-state index in [1.807, 2.05) is 0 Å². The van der Waals surface area contributed by atoms with Gasteiger partial charge >= 0.3 is 17.9 Å². The minimum absolute atomic E-state index is 0.0878. The summed E-state index contributed by atoms with van der Waals surface area (Å²) in [6.07, 6.45) is 69.6. The molecular weight excluding hydrogens is 841 g/mol. The van der Waals surface area contributed by atoms with Crippen molar-refractivity contribution in [3.63, 3.8) is 0 Å². The molecule has 0 radical (unpaired) electrons. The molecule has 0 aromatic heterocycles. The van der Waals surface area contributed by atoms with Crippen LogP contribution in [-0.2, 0) is 28.6 Å². The first kappa shape index (κ1) is 65.4. The van der Waals surface area contributed by atoms with Crippen LogP contribution in [0.2, 0.25) is 0 Å². The fraction of sp³-hybridized carbons (Fsp3) is 0.823. The lowest BCUT2D eigenvalue weighted by molar-refractivity contribution is -0.167. The zero-order valence-corrected chi connectivity index (χ0v) is 45.4. The number of carbonyl (C=O) groups excluding carboxylic acids is 3. The first-order chi connectivity index (χ1) is 33.5. The maximum absolute atomic E-state index is 12.9. The largest absolute Gasteiger partial charge is 0.462 e. The van der Waals surface area contributed by atoms with Crippen LogP contribution in [0.15, 0.2) is 48.6 Å². The molecule has 0 bridgehead atoms. The molecule has 0 spiro atoms. The Labute approximate surface area is 422 Å². The molecule has 1 atom stereocenters. The molecular formula is C62H112O6. The molecule has 6 heteroatoms. The third kappa shape index (κ3) is 54.3. The summed E-state index contributed by atoms with van der Waals surface area (Å²) in [5.74, 6) is -0.912. The van der Waals surface area contributed by atoms with Crippen LogP contribution in [0.1, 0.15) is 310 Å². The Morgan fingerprint density at radius 1 is 0.294 bits per heavy atom. The summed E-state index contributed by atoms with van der Waals surface area (Å²) in [4.78, 5) is 38.2. The number of unbranched alkanes of at least 4 members (excludes halogenated alkanes) is 36. The van der Waals surface area contributed by atoms with Crippen LogP contribution in [0.4, 0.5) is 0 Å². The normalized spacial score (nSPS) is 12.3. The van der Waals surface area contributed by atoms with E-state index in [1.165, 1.54) is 167 Å². The Kier molecular flexibility index (Phi) is 54.8. The molecule has 6 nitrogen and oxygen atoms in total. The van der Waals surface area contributed by atoms with E-state index in [2.05, 4.69) is 69.4 Å². The molecule has 0 aromatic rings. The molecule has 0 fully saturated rings. The number of hydrogen-bond acceptors (Lipinski definition) is 6. The average molecular weight is 954 g/mol. The van der Waals surface area contributed by atoms with Gasteiger partial charge in [0.15, 0.2) is 6.10 Å². The summed E-state index contributed by atoms with van der Waals surface area (Å²) < 4.78 is 16.9. The van der Waals surface area contributed by atoms with E-state index in [4.69, 9.17) is 14.2 Å². The molecule has 0 aromatic carbocycles. The van der Waals surface area contributed by atoms with Gasteiger partial charge in [-0.1, -0.05) is 243 Å². The first-order valence-corrected chi connectivity index (χ1v) is 29.7. The van der Waals surface area contributed by atoms with Crippen molar-refractivity contribution in [1.29, 1.82) is 0 Å². The Morgan fingerprint density at radius 2 is 0.529 bits per heavy atom. The van der Waals surface area contributed by atoms with Gasteiger partial charge in [-0.2, -0.15) is 0 Å². The van der Waals surface area contributed by atoms with Crippen LogP contribution in [-0.4, -0.2) is 37.2 Å². The lowest BCUT2D eigenvalue weighted by Crippen LogP contribution is -2.30. The lowest BCUT2D eigenvalue weighted by atomic mass is 10.1. The Bertz CT molecular complexity index is 1190. The number of esters is 3. The van der Waals surface area contributed by atoms with E-state index >= 15 is 0 Å². The summed E-state index contributed by atoms with van der Waals surface area (Å²) in [6.45, 7) is 6.63. The Balaban J connectivity index is 4.41. The summed E-state index contributed by atoms with van der Waals surface area (Å²) in [6, 6.07) is 0. The highest BCUT2D eigenvalue weighted by molar-refractivity contribution is 5.71. The first-order valence-electron chi connectivity index (χ1n) is 29.7. The molecule has 0 rings (SSSR count). The fourth-order valence-corrected chi connectivity index (χ4v) is 8.54. The van der Waals surface area contributed by atoms with Gasteiger partial charge in [0.25, 0.3) is 0 Å². The molecule has 0 aliphatic heterocycles. The van der Waals surface area contributed by atoms with Crippen molar-refractivity contribution in [2.24, 2.45) is 0 Å². The van der Waals surface area contributed by atoms with Crippen molar-refractivity contribution in [3.05, 3.63) is 48.6 Å². The predicted molar refractivity (Wildman–Crippen MR) is 293 cm³/mol. The highest BCUT2D eigenvalue weighted by Gasteiger charge is 2.19. The van der Waals surface area contributed by atoms with Crippen molar-refractivity contribution in [2.75, 3.05) is 13.2 Å². The van der Waals surface area contributed by atoms with Crippen LogP contribution in [0, 0.1) is 0 Å². The molecule has 396 valence electrons. The minimum Gasteiger partial charge on any atom is -0.462 e. The summed E-state index contributed by atoms with van der Waals surface area (Å²) in [5.41, 5.74) is 0. The van der Waals surface area contributed by atoms with Gasteiger partial charge in [-0.25, -0.2) is 0 Å². The molecule has 0 heterocycles. The minimum atomic E-state index is -0.789. The third-order valence-electron chi connectivity index (χ3n) is 13.1. The van der Waals surface area contributed by atoms with Gasteiger partial charge in [0, 0.05) is 19.3 Å². The van der Waals surface area contributed by atoms with E-state index in [-0.39, 0.29) is 31.1 Å². The SMILES string of the molecule is CCCCCCCCC/C=C\C=C/CCCCCCCC(=O)OCC(COC(=O)CCCCC/C=C\CCCCCCCCC)OC(=O)CCCCCCC/C=C\CCCCCCCCCCC. The Morgan fingerprint density at radius 3 is 0.838 bits per heavy atom. The van der Waals surface area contributed by atoms with Gasteiger partial charge in [-0.15, -0.1) is 0 Å². The van der Waals surface area contributed by atoms with E-state index < -0.39 is 6.10 Å². The van der Waals surface area contributed by atoms with E-state index in [0.29, 0.717) is 19.3 Å². The van der Waals surface area contributed by atoms with Crippen molar-refractivity contribution in [2.45, 2.75) is 316 Å². The topological polar surface area (TPSA) is 78.9 Å². The van der Waals surface area contributed by atoms with Crippen LogP contribution >= 0.6 is 0 Å². The van der Waals surface area contributed by atoms with Crippen molar-refractivity contribution < 1.29 is 28.6 Å². The lowest BCUT2D eigenvalue weighted by Gasteiger charge is -2.18. The second-order valence-corrected chi connectivity index (χ2v) is 19.9. The zero-order chi connectivity index (χ0) is 49.3. The van der Waals surface area contributed by atoms with Gasteiger partial charge in [-0.05, 0) is 96.3 Å². The number of hydrogen-bond donors (Lipinski definition) is 0. The quantitative estimate of drug-likeness (QED) is 0.0199. The maximum atomic E-state index is 12.9. The van der Waals surface area contributed by atoms with Gasteiger partial charge in [-0.3, -0.25) is 14.4 Å². The van der Waals surface area contributed by atoms with Crippen LogP contribution in [0.25, 0.3) is 0 Å². The van der Waals surface area contributed by atoms with Crippen LogP contribution in [0.5, 0.6) is 0 Å². The molecule has 0 saturated carbocycles. The molecule has 0 saturated heterocycles. The van der Waals surface area contributed by atoms with E-state index in [1.54, 1.807) is 0 Å². The fourth-order valence-electron chi connectivity index (χ4n) is 8.54. The van der Waals surface area contributed by atoms with Gasteiger partial charge < -0.3 is 14.2 Å². The zero-order valence-electron chi connectivity index (χ0n) is 45.4. The molecule has 0 amide bonds. The molecule has 0 aliphatic rings. The van der Waals surface area contributed by atoms with Crippen LogP contribution < -0.4 is 0 Å². The third-order valence-corrected chi connectivity index (χ3v) is 13.1. The number of rotatable bonds is 54. The highest BCUT2D eigenvalue weighted by Crippen LogP contribution is 2.15. The Hall–Kier alpha value is -2.63. The van der Waals surface area contributed by atoms with Crippen molar-refractivity contribution in [3.8, 4) is 0 Å². The second-order valence-electron chi connectivity index (χ2n) is 19.9. The van der Waals surface area contributed by atoms with E-state index in [9.17, 15) is 14.4 Å². The maximum Gasteiger partial charge on any atom is 0.306 e. The van der Waals surface area contributed by atoms with E-state index in [0.717, 1.165) is 103 Å². The predicted octanol–water partition coefficient (Wildman–Crippen LogP) is 19.8. The standard InChI is InChI=1S/C62H112O6/c1-4-7-10-13-16-19-22-25-28-30-32-34-37-40-43-46-49-52-55-61(64)67-58-59(57-66-60(63)54-51-48-45-42-39-36-27-24-21-18-15-12-9-6-3)68-62(65)56-53-50-47-44-41-38-35-33-31-29-26-23-20-17-14-11-8-5-2/h28,30,32-36,39,59H,4-27,29,31,37-38,40-58H2,1-3H3/b30-28-,34-32-,35-33-,39-36-. The highest BCUT2D eigenvalue weighted by atomic mass is 16.6. The average Bonchev–Trinajstić information content (AvgIpc) is 3.34. The van der Waals surface area contributed by atoms with Gasteiger partial charge in [0.05, 0.1) is 0 Å². The molecule has 1 unspecified atom stereocenters. The van der Waals surface area contributed by atoms with Gasteiger partial charge in [0.2, 0.25) is 0 Å². The van der Waals surface area contributed by atoms with Crippen molar-refractivity contribution >= 4 is 17.9 Å². The summed E-state index contributed by atoms with van der Waals surface area (Å²) >= 11 is 0. The summed E-state index contributed by atoms with van der Waals surface area (Å²) in [7, 11) is 0. The number of carbonyl (C=O) groups is 3. The molecule has 0 N–H and O–H groups in total. The summed E-state index contributed by atoms with van der Waals surface area (Å²) in [5, 5.41) is 0. The molecule has 68 heavy (non-hydrogen) atoms. The number of allylic oxidation sites excluding steroid dienone is 8. The monoisotopic (exact) mass is 953 g/mol. The van der Waals surface area contributed by atoms with Crippen molar-refractivity contribution in [1.82, 2.24) is 0 Å². The second kappa shape index (κ2) is 57.0. The van der Waals surface area contributed by atoms with Crippen LogP contribution in [0.3, 0.4) is 0 Å². The van der Waals surface area contributed by atoms with Gasteiger partial charge in [0.1, 0.15) is 13.2 Å². The molecule has 0 aliphatic carbocycles.